The Morgan fingerprint density at radius 2 is 1.93 bits per heavy atom. The van der Waals surface area contributed by atoms with Gasteiger partial charge in [0.25, 0.3) is 5.69 Å². The molecule has 0 atom stereocenters. The van der Waals surface area contributed by atoms with E-state index in [1.54, 1.807) is 18.3 Å². The number of hydrogen-bond donors (Lipinski definition) is 1. The summed E-state index contributed by atoms with van der Waals surface area (Å²) in [6, 6.07) is 11.9. The Hall–Kier alpha value is -3.46. The lowest BCUT2D eigenvalue weighted by atomic mass is 10.1. The second-order valence-corrected chi connectivity index (χ2v) is 6.47. The van der Waals surface area contributed by atoms with E-state index >= 15 is 0 Å². The summed E-state index contributed by atoms with van der Waals surface area (Å²) in [5, 5.41) is 17.3. The van der Waals surface area contributed by atoms with Crippen LogP contribution in [0.4, 0.5) is 10.8 Å². The first-order chi connectivity index (χ1) is 13.2. The molecule has 0 unspecified atom stereocenters. The molecule has 1 aromatic heterocycles. The molecule has 0 aliphatic carbocycles. The van der Waals surface area contributed by atoms with E-state index in [9.17, 15) is 10.1 Å². The van der Waals surface area contributed by atoms with Crippen LogP contribution in [0.15, 0.2) is 52.9 Å². The van der Waals surface area contributed by atoms with Crippen LogP contribution in [0.1, 0.15) is 5.56 Å². The lowest BCUT2D eigenvalue weighted by molar-refractivity contribution is -0.384. The third-order valence-corrected chi connectivity index (χ3v) is 4.57. The van der Waals surface area contributed by atoms with E-state index in [4.69, 9.17) is 9.47 Å². The highest BCUT2D eigenvalue weighted by molar-refractivity contribution is 7.14. The number of nitrogens with one attached hydrogen (secondary N) is 1. The van der Waals surface area contributed by atoms with Gasteiger partial charge in [0.15, 0.2) is 11.5 Å². The minimum absolute atomic E-state index is 0.0455. The van der Waals surface area contributed by atoms with Crippen LogP contribution in [0.25, 0.3) is 11.3 Å². The Balaban J connectivity index is 1.43. The van der Waals surface area contributed by atoms with Gasteiger partial charge in [0.05, 0.1) is 16.8 Å². The molecule has 0 bridgehead atoms. The van der Waals surface area contributed by atoms with Crippen molar-refractivity contribution in [3.05, 3.63) is 63.5 Å². The summed E-state index contributed by atoms with van der Waals surface area (Å²) in [4.78, 5) is 14.7. The normalized spacial score (nSPS) is 12.9. The van der Waals surface area contributed by atoms with Gasteiger partial charge < -0.3 is 9.47 Å². The molecule has 0 spiro atoms. The van der Waals surface area contributed by atoms with Crippen LogP contribution in [0, 0.1) is 10.1 Å². The number of nitrogens with zero attached hydrogens (tertiary/aromatic N) is 3. The predicted octanol–water partition coefficient (Wildman–Crippen LogP) is 3.94. The fourth-order valence-corrected chi connectivity index (χ4v) is 3.17. The van der Waals surface area contributed by atoms with Gasteiger partial charge >= 0.3 is 0 Å². The van der Waals surface area contributed by atoms with Gasteiger partial charge in [-0.05, 0) is 35.9 Å². The maximum Gasteiger partial charge on any atom is 0.269 e. The van der Waals surface area contributed by atoms with E-state index in [1.807, 2.05) is 23.6 Å². The Labute approximate surface area is 158 Å². The van der Waals surface area contributed by atoms with Gasteiger partial charge in [-0.1, -0.05) is 0 Å². The monoisotopic (exact) mass is 382 g/mol. The van der Waals surface area contributed by atoms with Gasteiger partial charge in [0.2, 0.25) is 5.13 Å². The quantitative estimate of drug-likeness (QED) is 0.408. The molecule has 0 amide bonds. The summed E-state index contributed by atoms with van der Waals surface area (Å²) in [6.07, 6.45) is 1.58. The van der Waals surface area contributed by atoms with Crippen LogP contribution < -0.4 is 14.9 Å². The molecule has 8 nitrogen and oxygen atoms in total. The first kappa shape index (κ1) is 17.0. The van der Waals surface area contributed by atoms with Crippen LogP contribution in [0.2, 0.25) is 0 Å². The Kier molecular flexibility index (Phi) is 4.67. The number of ether oxygens (including phenoxy) is 2. The van der Waals surface area contributed by atoms with E-state index in [0.29, 0.717) is 18.3 Å². The molecule has 1 N–H and O–H groups in total. The van der Waals surface area contributed by atoms with Gasteiger partial charge in [-0.3, -0.25) is 15.5 Å². The Morgan fingerprint density at radius 3 is 2.70 bits per heavy atom. The fourth-order valence-electron chi connectivity index (χ4n) is 2.50. The molecule has 4 rings (SSSR count). The third kappa shape index (κ3) is 3.87. The summed E-state index contributed by atoms with van der Waals surface area (Å²) >= 11 is 1.43. The number of thiazole rings is 1. The topological polar surface area (TPSA) is 98.9 Å². The van der Waals surface area contributed by atoms with E-state index < -0.39 is 4.92 Å². The average Bonchev–Trinajstić information content (AvgIpc) is 3.17. The molecule has 2 aromatic carbocycles. The number of benzene rings is 2. The maximum atomic E-state index is 10.6. The minimum atomic E-state index is -0.436. The lowest BCUT2D eigenvalue weighted by Gasteiger charge is -2.18. The molecule has 0 fully saturated rings. The summed E-state index contributed by atoms with van der Waals surface area (Å²) in [5.74, 6) is 1.46. The van der Waals surface area contributed by atoms with Crippen LogP contribution in [0.5, 0.6) is 11.5 Å². The first-order valence-corrected chi connectivity index (χ1v) is 8.96. The van der Waals surface area contributed by atoms with Crippen LogP contribution in [-0.4, -0.2) is 29.3 Å². The molecular formula is C18H14N4O4S. The smallest absolute Gasteiger partial charge is 0.269 e. The van der Waals surface area contributed by atoms with E-state index in [-0.39, 0.29) is 5.69 Å². The Morgan fingerprint density at radius 1 is 1.15 bits per heavy atom. The van der Waals surface area contributed by atoms with Gasteiger partial charge in [-0.2, -0.15) is 5.10 Å². The summed E-state index contributed by atoms with van der Waals surface area (Å²) in [5.41, 5.74) is 5.41. The van der Waals surface area contributed by atoms with E-state index in [0.717, 1.165) is 28.3 Å². The van der Waals surface area contributed by atoms with Crippen LogP contribution >= 0.6 is 11.3 Å². The van der Waals surface area contributed by atoms with Gasteiger partial charge in [-0.25, -0.2) is 4.98 Å². The van der Waals surface area contributed by atoms with Crippen molar-refractivity contribution in [2.75, 3.05) is 18.6 Å². The summed E-state index contributed by atoms with van der Waals surface area (Å²) in [7, 11) is 0. The van der Waals surface area contributed by atoms with Gasteiger partial charge in [-0.15, -0.1) is 11.3 Å². The number of non-ortho nitro benzene ring substituents is 1. The van der Waals surface area contributed by atoms with Crippen LogP contribution in [0.3, 0.4) is 0 Å². The molecule has 9 heteroatoms. The van der Waals surface area contributed by atoms with Crippen molar-refractivity contribution in [3.8, 4) is 22.8 Å². The molecule has 0 radical (unpaired) electrons. The van der Waals surface area contributed by atoms with Crippen molar-refractivity contribution < 1.29 is 14.4 Å². The van der Waals surface area contributed by atoms with E-state index in [1.165, 1.54) is 23.5 Å². The van der Waals surface area contributed by atoms with Crippen LogP contribution in [-0.2, 0) is 0 Å². The molecule has 3 aromatic rings. The van der Waals surface area contributed by atoms with Crippen molar-refractivity contribution in [1.29, 1.82) is 0 Å². The second-order valence-electron chi connectivity index (χ2n) is 5.61. The number of hydrogen-bond acceptors (Lipinski definition) is 8. The number of hydrazone groups is 1. The predicted molar refractivity (Wildman–Crippen MR) is 103 cm³/mol. The first-order valence-electron chi connectivity index (χ1n) is 8.08. The number of nitro benzene ring substituents is 1. The molecule has 0 saturated carbocycles. The highest BCUT2D eigenvalue weighted by Gasteiger charge is 2.13. The number of aromatic nitrogens is 1. The van der Waals surface area contributed by atoms with Crippen molar-refractivity contribution in [1.82, 2.24) is 4.98 Å². The summed E-state index contributed by atoms with van der Waals surface area (Å²) < 4.78 is 11.1. The highest BCUT2D eigenvalue weighted by atomic mass is 32.1. The zero-order valence-corrected chi connectivity index (χ0v) is 14.8. The molecule has 0 saturated heterocycles. The van der Waals surface area contributed by atoms with E-state index in [2.05, 4.69) is 15.5 Å². The molecule has 27 heavy (non-hydrogen) atoms. The maximum absolute atomic E-state index is 10.6. The molecular weight excluding hydrogens is 368 g/mol. The van der Waals surface area contributed by atoms with Crippen molar-refractivity contribution in [3.63, 3.8) is 0 Å². The van der Waals surface area contributed by atoms with Gasteiger partial charge in [0.1, 0.15) is 13.2 Å². The SMILES string of the molecule is O=[N+]([O-])c1ccc(/C=N/Nc2nc(-c3ccc4c(c3)OCCO4)cs2)cc1. The zero-order valence-electron chi connectivity index (χ0n) is 14.0. The van der Waals surface area contributed by atoms with Crippen molar-refractivity contribution >= 4 is 28.4 Å². The standard InChI is InChI=1S/C18H14N4O4S/c23-22(24)14-4-1-12(2-5-14)10-19-21-18-20-15(11-27-18)13-3-6-16-17(9-13)26-8-7-25-16/h1-6,9-11H,7-8H2,(H,20,21)/b19-10+. The lowest BCUT2D eigenvalue weighted by Crippen LogP contribution is -2.15. The largest absolute Gasteiger partial charge is 0.486 e. The Bertz CT molecular complexity index is 1000. The fraction of sp³-hybridized carbons (Fsp3) is 0.111. The average molecular weight is 382 g/mol. The van der Waals surface area contributed by atoms with Crippen molar-refractivity contribution in [2.45, 2.75) is 0 Å². The molecule has 2 heterocycles. The van der Waals surface area contributed by atoms with Crippen molar-refractivity contribution in [2.24, 2.45) is 5.10 Å². The van der Waals surface area contributed by atoms with Gasteiger partial charge in [0, 0.05) is 23.1 Å². The minimum Gasteiger partial charge on any atom is -0.486 e. The number of nitro groups is 1. The zero-order chi connectivity index (χ0) is 18.6. The number of fused-ring (bicyclic) bond motifs is 1. The third-order valence-electron chi connectivity index (χ3n) is 3.82. The number of rotatable bonds is 5. The molecule has 1 aliphatic heterocycles. The summed E-state index contributed by atoms with van der Waals surface area (Å²) in [6.45, 7) is 1.10. The highest BCUT2D eigenvalue weighted by Crippen LogP contribution is 2.35. The molecule has 1 aliphatic rings. The molecule has 136 valence electrons. The number of anilines is 1. The second kappa shape index (κ2) is 7.42.